The van der Waals surface area contributed by atoms with Gasteiger partial charge in [0.1, 0.15) is 11.7 Å². The molecule has 0 atom stereocenters. The summed E-state index contributed by atoms with van der Waals surface area (Å²) in [5.74, 6) is 0.162. The van der Waals surface area contributed by atoms with Crippen molar-refractivity contribution in [2.45, 2.75) is 57.5 Å². The molecule has 102 valence electrons. The van der Waals surface area contributed by atoms with Gasteiger partial charge in [0, 0.05) is 12.6 Å². The number of benzene rings is 1. The Labute approximate surface area is 114 Å². The van der Waals surface area contributed by atoms with E-state index in [1.165, 1.54) is 38.2 Å². The van der Waals surface area contributed by atoms with Gasteiger partial charge in [-0.15, -0.1) is 0 Å². The van der Waals surface area contributed by atoms with E-state index in [-0.39, 0.29) is 5.82 Å². The highest BCUT2D eigenvalue weighted by Gasteiger charge is 2.31. The number of amidine groups is 1. The monoisotopic (exact) mass is 260 g/mol. The predicted octanol–water partition coefficient (Wildman–Crippen LogP) is 4.08. The summed E-state index contributed by atoms with van der Waals surface area (Å²) >= 11 is 0. The minimum Gasteiger partial charge on any atom is -0.349 e. The first-order valence-corrected chi connectivity index (χ1v) is 7.40. The Morgan fingerprint density at radius 1 is 1.05 bits per heavy atom. The van der Waals surface area contributed by atoms with Crippen LogP contribution in [0.4, 0.5) is 4.39 Å². The van der Waals surface area contributed by atoms with Crippen LogP contribution in [0.15, 0.2) is 18.2 Å². The van der Waals surface area contributed by atoms with E-state index < -0.39 is 0 Å². The number of hydrogen-bond acceptors (Lipinski definition) is 1. The van der Waals surface area contributed by atoms with Crippen molar-refractivity contribution in [3.63, 3.8) is 0 Å². The lowest BCUT2D eigenvalue weighted by molar-refractivity contribution is 0.258. The maximum Gasteiger partial charge on any atom is 0.134 e. The number of nitrogens with zero attached hydrogens (tertiary/aromatic N) is 1. The highest BCUT2D eigenvalue weighted by molar-refractivity contribution is 6.00. The molecule has 3 heteroatoms. The van der Waals surface area contributed by atoms with E-state index >= 15 is 0 Å². The molecule has 19 heavy (non-hydrogen) atoms. The molecule has 1 aromatic carbocycles. The van der Waals surface area contributed by atoms with Crippen LogP contribution in [-0.4, -0.2) is 16.8 Å². The molecule has 0 bridgehead atoms. The lowest BCUT2D eigenvalue weighted by atomic mass is 9.95. The number of hydrogen-bond donors (Lipinski definition) is 1. The van der Waals surface area contributed by atoms with Crippen molar-refractivity contribution in [2.24, 2.45) is 0 Å². The standard InChI is InChI=1S/C16H21FN2/c17-14-10-6-7-12-11-19(16(18)15(12)14)13-8-4-2-1-3-5-9-13/h6-7,10,13,18H,1-5,8-9,11H2. The van der Waals surface area contributed by atoms with E-state index in [2.05, 4.69) is 4.90 Å². The topological polar surface area (TPSA) is 27.1 Å². The van der Waals surface area contributed by atoms with Crippen molar-refractivity contribution in [2.75, 3.05) is 0 Å². The number of fused-ring (bicyclic) bond motifs is 1. The lowest BCUT2D eigenvalue weighted by Gasteiger charge is -2.31. The molecule has 1 fully saturated rings. The molecular formula is C16H21FN2. The van der Waals surface area contributed by atoms with Crippen LogP contribution in [-0.2, 0) is 6.54 Å². The molecular weight excluding hydrogens is 239 g/mol. The summed E-state index contributed by atoms with van der Waals surface area (Å²) in [7, 11) is 0. The van der Waals surface area contributed by atoms with E-state index in [0.29, 0.717) is 17.4 Å². The molecule has 1 N–H and O–H groups in total. The van der Waals surface area contributed by atoms with Crippen LogP contribution in [0.25, 0.3) is 0 Å². The molecule has 1 aliphatic heterocycles. The fourth-order valence-electron chi connectivity index (χ4n) is 3.43. The zero-order chi connectivity index (χ0) is 13.2. The Hall–Kier alpha value is -1.38. The second-order valence-electron chi connectivity index (χ2n) is 5.75. The van der Waals surface area contributed by atoms with E-state index in [0.717, 1.165) is 24.9 Å². The van der Waals surface area contributed by atoms with Crippen molar-refractivity contribution in [1.82, 2.24) is 4.90 Å². The minimum atomic E-state index is -0.240. The normalized spacial score (nSPS) is 21.1. The number of halogens is 1. The first-order valence-electron chi connectivity index (χ1n) is 7.40. The number of nitrogens with one attached hydrogen (secondary N) is 1. The smallest absolute Gasteiger partial charge is 0.134 e. The van der Waals surface area contributed by atoms with Gasteiger partial charge >= 0.3 is 0 Å². The van der Waals surface area contributed by atoms with Gasteiger partial charge in [-0.1, -0.05) is 44.2 Å². The van der Waals surface area contributed by atoms with Crippen molar-refractivity contribution in [3.05, 3.63) is 35.1 Å². The van der Waals surface area contributed by atoms with Gasteiger partial charge in [0.2, 0.25) is 0 Å². The zero-order valence-electron chi connectivity index (χ0n) is 11.3. The van der Waals surface area contributed by atoms with Gasteiger partial charge in [0.15, 0.2) is 0 Å². The molecule has 0 amide bonds. The molecule has 2 aliphatic rings. The van der Waals surface area contributed by atoms with Crippen molar-refractivity contribution < 1.29 is 4.39 Å². The second kappa shape index (κ2) is 5.32. The first-order chi connectivity index (χ1) is 9.27. The van der Waals surface area contributed by atoms with Crippen LogP contribution in [0.3, 0.4) is 0 Å². The minimum absolute atomic E-state index is 0.240. The third kappa shape index (κ3) is 2.38. The summed E-state index contributed by atoms with van der Waals surface area (Å²) in [6, 6.07) is 5.60. The molecule has 1 aliphatic carbocycles. The van der Waals surface area contributed by atoms with Gasteiger partial charge in [0.25, 0.3) is 0 Å². The molecule has 0 radical (unpaired) electrons. The van der Waals surface area contributed by atoms with Crippen LogP contribution < -0.4 is 0 Å². The Kier molecular flexibility index (Phi) is 3.54. The van der Waals surface area contributed by atoms with Crippen LogP contribution in [0.1, 0.15) is 56.1 Å². The third-order valence-corrected chi connectivity index (χ3v) is 4.48. The second-order valence-corrected chi connectivity index (χ2v) is 5.75. The summed E-state index contributed by atoms with van der Waals surface area (Å²) in [4.78, 5) is 2.12. The Morgan fingerprint density at radius 3 is 2.42 bits per heavy atom. The first kappa shape index (κ1) is 12.6. The van der Waals surface area contributed by atoms with Crippen LogP contribution in [0.5, 0.6) is 0 Å². The Morgan fingerprint density at radius 2 is 1.74 bits per heavy atom. The van der Waals surface area contributed by atoms with E-state index in [4.69, 9.17) is 5.41 Å². The Bertz CT molecular complexity index is 476. The van der Waals surface area contributed by atoms with Gasteiger partial charge < -0.3 is 4.90 Å². The molecule has 1 aromatic rings. The fraction of sp³-hybridized carbons (Fsp3) is 0.562. The zero-order valence-corrected chi connectivity index (χ0v) is 11.3. The number of rotatable bonds is 1. The van der Waals surface area contributed by atoms with Crippen molar-refractivity contribution in [3.8, 4) is 0 Å². The van der Waals surface area contributed by atoms with Crippen LogP contribution >= 0.6 is 0 Å². The highest BCUT2D eigenvalue weighted by Crippen LogP contribution is 2.31. The average molecular weight is 260 g/mol. The van der Waals surface area contributed by atoms with Gasteiger partial charge in [-0.3, -0.25) is 5.41 Å². The maximum absolute atomic E-state index is 13.9. The summed E-state index contributed by atoms with van der Waals surface area (Å²) in [6.07, 6.45) is 8.74. The highest BCUT2D eigenvalue weighted by atomic mass is 19.1. The van der Waals surface area contributed by atoms with Gasteiger partial charge in [-0.05, 0) is 24.5 Å². The Balaban J connectivity index is 1.80. The van der Waals surface area contributed by atoms with E-state index in [1.54, 1.807) is 6.07 Å². The molecule has 0 spiro atoms. The van der Waals surface area contributed by atoms with E-state index in [1.807, 2.05) is 6.07 Å². The molecule has 0 aromatic heterocycles. The maximum atomic E-state index is 13.9. The van der Waals surface area contributed by atoms with E-state index in [9.17, 15) is 4.39 Å². The van der Waals surface area contributed by atoms with Crippen molar-refractivity contribution in [1.29, 1.82) is 5.41 Å². The third-order valence-electron chi connectivity index (χ3n) is 4.48. The van der Waals surface area contributed by atoms with Gasteiger partial charge in [0.05, 0.1) is 5.56 Å². The fourth-order valence-corrected chi connectivity index (χ4v) is 3.43. The predicted molar refractivity (Wildman–Crippen MR) is 74.9 cm³/mol. The molecule has 1 heterocycles. The quantitative estimate of drug-likeness (QED) is 0.809. The van der Waals surface area contributed by atoms with Crippen LogP contribution in [0.2, 0.25) is 0 Å². The van der Waals surface area contributed by atoms with Crippen molar-refractivity contribution >= 4 is 5.84 Å². The summed E-state index contributed by atoms with van der Waals surface area (Å²) in [5.41, 5.74) is 1.51. The largest absolute Gasteiger partial charge is 0.349 e. The SMILES string of the molecule is N=C1c2c(F)cccc2CN1C1CCCCCCC1. The molecule has 1 saturated carbocycles. The molecule has 0 unspecified atom stereocenters. The molecule has 2 nitrogen and oxygen atoms in total. The van der Waals surface area contributed by atoms with Gasteiger partial charge in [-0.2, -0.15) is 0 Å². The molecule has 3 rings (SSSR count). The lowest BCUT2D eigenvalue weighted by Crippen LogP contribution is -2.36. The molecule has 0 saturated heterocycles. The summed E-state index contributed by atoms with van der Waals surface area (Å²) in [5, 5.41) is 8.28. The summed E-state index contributed by atoms with van der Waals surface area (Å²) in [6.45, 7) is 0.719. The van der Waals surface area contributed by atoms with Crippen LogP contribution in [0, 0.1) is 11.2 Å². The summed E-state index contributed by atoms with van der Waals surface area (Å²) < 4.78 is 13.9. The van der Waals surface area contributed by atoms with Gasteiger partial charge in [-0.25, -0.2) is 4.39 Å². The average Bonchev–Trinajstić information content (AvgIpc) is 2.68.